The van der Waals surface area contributed by atoms with E-state index in [0.29, 0.717) is 13.2 Å². The molecule has 2 atom stereocenters. The SMILES string of the molecule is CCCNC1COCC1C(=O)NCC1(C)CCN(C)CC1. The number of hydrogen-bond donors (Lipinski definition) is 2. The largest absolute Gasteiger partial charge is 0.379 e. The van der Waals surface area contributed by atoms with E-state index in [1.54, 1.807) is 0 Å². The van der Waals surface area contributed by atoms with Crippen LogP contribution in [0.15, 0.2) is 0 Å². The molecule has 0 aromatic heterocycles. The highest BCUT2D eigenvalue weighted by molar-refractivity contribution is 5.79. The molecule has 2 saturated heterocycles. The summed E-state index contributed by atoms with van der Waals surface area (Å²) in [6.07, 6.45) is 3.39. The molecule has 0 aromatic carbocycles. The molecular formula is C16H31N3O2. The molecule has 2 aliphatic heterocycles. The van der Waals surface area contributed by atoms with Crippen LogP contribution in [0.1, 0.15) is 33.1 Å². The molecule has 0 spiro atoms. The van der Waals surface area contributed by atoms with Crippen LogP contribution in [0.25, 0.3) is 0 Å². The lowest BCUT2D eigenvalue weighted by atomic mass is 9.80. The molecule has 0 saturated carbocycles. The van der Waals surface area contributed by atoms with E-state index in [0.717, 1.165) is 45.4 Å². The van der Waals surface area contributed by atoms with Gasteiger partial charge in [-0.05, 0) is 51.4 Å². The van der Waals surface area contributed by atoms with E-state index in [2.05, 4.69) is 36.4 Å². The molecule has 2 heterocycles. The standard InChI is InChI=1S/C16H31N3O2/c1-4-7-17-14-11-21-10-13(14)15(20)18-12-16(2)5-8-19(3)9-6-16/h13-14,17H,4-12H2,1-3H3,(H,18,20). The minimum atomic E-state index is -0.0357. The summed E-state index contributed by atoms with van der Waals surface area (Å²) in [6.45, 7) is 9.61. The number of amides is 1. The Hall–Kier alpha value is -0.650. The van der Waals surface area contributed by atoms with Crippen LogP contribution in [0.5, 0.6) is 0 Å². The fourth-order valence-corrected chi connectivity index (χ4v) is 3.11. The molecule has 2 rings (SSSR count). The summed E-state index contributed by atoms with van der Waals surface area (Å²) in [5, 5.41) is 6.60. The Labute approximate surface area is 128 Å². The number of hydrogen-bond acceptors (Lipinski definition) is 4. The van der Waals surface area contributed by atoms with Gasteiger partial charge in [-0.15, -0.1) is 0 Å². The number of ether oxygens (including phenoxy) is 1. The zero-order valence-corrected chi connectivity index (χ0v) is 13.8. The zero-order valence-electron chi connectivity index (χ0n) is 13.8. The van der Waals surface area contributed by atoms with Crippen molar-refractivity contribution in [3.8, 4) is 0 Å². The van der Waals surface area contributed by atoms with Crippen molar-refractivity contribution in [1.29, 1.82) is 0 Å². The molecule has 0 bridgehead atoms. The number of rotatable bonds is 6. The molecule has 1 amide bonds. The van der Waals surface area contributed by atoms with Crippen molar-refractivity contribution >= 4 is 5.91 Å². The molecule has 2 fully saturated rings. The Kier molecular flexibility index (Phi) is 6.02. The van der Waals surface area contributed by atoms with Crippen LogP contribution in [-0.4, -0.2) is 63.3 Å². The van der Waals surface area contributed by atoms with Gasteiger partial charge in [0.1, 0.15) is 0 Å². The molecular weight excluding hydrogens is 266 g/mol. The van der Waals surface area contributed by atoms with E-state index in [4.69, 9.17) is 4.74 Å². The maximum absolute atomic E-state index is 12.4. The van der Waals surface area contributed by atoms with Gasteiger partial charge in [0.15, 0.2) is 0 Å². The summed E-state index contributed by atoms with van der Waals surface area (Å²) in [6, 6.07) is 0.176. The number of likely N-dealkylation sites (tertiary alicyclic amines) is 1. The van der Waals surface area contributed by atoms with Gasteiger partial charge in [0, 0.05) is 12.6 Å². The van der Waals surface area contributed by atoms with Crippen molar-refractivity contribution in [2.45, 2.75) is 39.2 Å². The summed E-state index contributed by atoms with van der Waals surface area (Å²) in [5.41, 5.74) is 0.244. The van der Waals surface area contributed by atoms with Crippen LogP contribution >= 0.6 is 0 Å². The van der Waals surface area contributed by atoms with E-state index >= 15 is 0 Å². The van der Waals surface area contributed by atoms with Gasteiger partial charge < -0.3 is 20.3 Å². The maximum atomic E-state index is 12.4. The minimum absolute atomic E-state index is 0.0357. The van der Waals surface area contributed by atoms with Gasteiger partial charge in [-0.3, -0.25) is 4.79 Å². The summed E-state index contributed by atoms with van der Waals surface area (Å²) in [5.74, 6) is 0.118. The molecule has 0 aliphatic carbocycles. The van der Waals surface area contributed by atoms with Gasteiger partial charge in [0.2, 0.25) is 5.91 Å². The van der Waals surface area contributed by atoms with Gasteiger partial charge in [-0.2, -0.15) is 0 Å². The van der Waals surface area contributed by atoms with Crippen LogP contribution in [0.3, 0.4) is 0 Å². The second kappa shape index (κ2) is 7.56. The van der Waals surface area contributed by atoms with E-state index in [9.17, 15) is 4.79 Å². The third-order valence-electron chi connectivity index (χ3n) is 4.96. The Morgan fingerprint density at radius 2 is 2.05 bits per heavy atom. The Balaban J connectivity index is 1.78. The molecule has 5 heteroatoms. The molecule has 5 nitrogen and oxygen atoms in total. The molecule has 2 aliphatic rings. The zero-order chi connectivity index (χ0) is 15.3. The first-order chi connectivity index (χ1) is 10.0. The van der Waals surface area contributed by atoms with Crippen molar-refractivity contribution < 1.29 is 9.53 Å². The van der Waals surface area contributed by atoms with Crippen molar-refractivity contribution in [2.75, 3.05) is 46.4 Å². The minimum Gasteiger partial charge on any atom is -0.379 e. The average Bonchev–Trinajstić information content (AvgIpc) is 2.95. The number of piperidine rings is 1. The Bertz CT molecular complexity index is 340. The highest BCUT2D eigenvalue weighted by atomic mass is 16.5. The highest BCUT2D eigenvalue weighted by Crippen LogP contribution is 2.29. The maximum Gasteiger partial charge on any atom is 0.227 e. The fourth-order valence-electron chi connectivity index (χ4n) is 3.11. The van der Waals surface area contributed by atoms with Gasteiger partial charge in [0.25, 0.3) is 0 Å². The third kappa shape index (κ3) is 4.66. The smallest absolute Gasteiger partial charge is 0.227 e. The molecule has 2 N–H and O–H groups in total. The lowest BCUT2D eigenvalue weighted by Gasteiger charge is -2.38. The summed E-state index contributed by atoms with van der Waals surface area (Å²) >= 11 is 0. The molecule has 21 heavy (non-hydrogen) atoms. The van der Waals surface area contributed by atoms with Gasteiger partial charge in [0.05, 0.1) is 19.1 Å². The number of nitrogens with zero attached hydrogens (tertiary/aromatic N) is 1. The quantitative estimate of drug-likeness (QED) is 0.763. The predicted octanol–water partition coefficient (Wildman–Crippen LogP) is 0.849. The first kappa shape index (κ1) is 16.7. The van der Waals surface area contributed by atoms with Crippen LogP contribution in [0.4, 0.5) is 0 Å². The lowest BCUT2D eigenvalue weighted by Crippen LogP contribution is -2.48. The first-order valence-electron chi connectivity index (χ1n) is 8.31. The fraction of sp³-hybridized carbons (Fsp3) is 0.938. The molecule has 122 valence electrons. The number of carbonyl (C=O) groups is 1. The van der Waals surface area contributed by atoms with E-state index in [1.807, 2.05) is 0 Å². The monoisotopic (exact) mass is 297 g/mol. The summed E-state index contributed by atoms with van der Waals surface area (Å²) < 4.78 is 5.49. The third-order valence-corrected chi connectivity index (χ3v) is 4.96. The lowest BCUT2D eigenvalue weighted by molar-refractivity contribution is -0.126. The molecule has 0 aromatic rings. The normalized spacial score (nSPS) is 29.5. The second-order valence-corrected chi connectivity index (χ2v) is 7.04. The van der Waals surface area contributed by atoms with Crippen LogP contribution in [0, 0.1) is 11.3 Å². The van der Waals surface area contributed by atoms with Crippen molar-refractivity contribution in [2.24, 2.45) is 11.3 Å². The van der Waals surface area contributed by atoms with E-state index < -0.39 is 0 Å². The average molecular weight is 297 g/mol. The molecule has 0 radical (unpaired) electrons. The highest BCUT2D eigenvalue weighted by Gasteiger charge is 2.35. The van der Waals surface area contributed by atoms with Crippen molar-refractivity contribution in [3.05, 3.63) is 0 Å². The van der Waals surface area contributed by atoms with Crippen LogP contribution < -0.4 is 10.6 Å². The van der Waals surface area contributed by atoms with Crippen molar-refractivity contribution in [1.82, 2.24) is 15.5 Å². The van der Waals surface area contributed by atoms with Crippen LogP contribution in [0.2, 0.25) is 0 Å². The van der Waals surface area contributed by atoms with Crippen LogP contribution in [-0.2, 0) is 9.53 Å². The second-order valence-electron chi connectivity index (χ2n) is 7.04. The van der Waals surface area contributed by atoms with E-state index in [-0.39, 0.29) is 23.3 Å². The Morgan fingerprint density at radius 1 is 1.33 bits per heavy atom. The topological polar surface area (TPSA) is 53.6 Å². The molecule has 2 unspecified atom stereocenters. The van der Waals surface area contributed by atoms with Gasteiger partial charge >= 0.3 is 0 Å². The predicted molar refractivity (Wildman–Crippen MR) is 84.2 cm³/mol. The number of nitrogens with one attached hydrogen (secondary N) is 2. The van der Waals surface area contributed by atoms with E-state index in [1.165, 1.54) is 0 Å². The number of carbonyl (C=O) groups excluding carboxylic acids is 1. The van der Waals surface area contributed by atoms with Gasteiger partial charge in [-0.1, -0.05) is 13.8 Å². The van der Waals surface area contributed by atoms with Gasteiger partial charge in [-0.25, -0.2) is 0 Å². The first-order valence-corrected chi connectivity index (χ1v) is 8.31. The van der Waals surface area contributed by atoms with Crippen molar-refractivity contribution in [3.63, 3.8) is 0 Å². The Morgan fingerprint density at radius 3 is 2.71 bits per heavy atom. The summed E-state index contributed by atoms with van der Waals surface area (Å²) in [7, 11) is 2.16. The summed E-state index contributed by atoms with van der Waals surface area (Å²) in [4.78, 5) is 14.8.